The van der Waals surface area contributed by atoms with Crippen molar-refractivity contribution in [3.63, 3.8) is 0 Å². The monoisotopic (exact) mass is 318 g/mol. The average Bonchev–Trinajstić information content (AvgIpc) is 2.95. The Labute approximate surface area is 135 Å². The fraction of sp³-hybridized carbons (Fsp3) is 0.500. The fourth-order valence-corrected chi connectivity index (χ4v) is 2.13. The van der Waals surface area contributed by atoms with Gasteiger partial charge in [0.05, 0.1) is 11.5 Å². The van der Waals surface area contributed by atoms with Crippen molar-refractivity contribution in [2.75, 3.05) is 7.05 Å². The Morgan fingerprint density at radius 3 is 2.65 bits per heavy atom. The molecule has 0 fully saturated rings. The molecule has 0 amide bonds. The standard InChI is InChI=1S/C16H22N4O3/c1-11(12-7-6-8-13(9-12)20(21)22)19(5)10-14-17-15(18-23-14)16(2,3)4/h6-9,11H,10H2,1-5H3/t11-/m1/s1. The lowest BCUT2D eigenvalue weighted by Gasteiger charge is -2.23. The van der Waals surface area contributed by atoms with Gasteiger partial charge in [-0.15, -0.1) is 0 Å². The summed E-state index contributed by atoms with van der Waals surface area (Å²) in [7, 11) is 1.92. The molecule has 7 nitrogen and oxygen atoms in total. The minimum atomic E-state index is -0.385. The van der Waals surface area contributed by atoms with E-state index in [1.165, 1.54) is 6.07 Å². The highest BCUT2D eigenvalue weighted by atomic mass is 16.6. The summed E-state index contributed by atoms with van der Waals surface area (Å²) in [5.74, 6) is 1.21. The molecule has 0 radical (unpaired) electrons. The Morgan fingerprint density at radius 1 is 1.39 bits per heavy atom. The molecule has 0 spiro atoms. The number of nitrogens with zero attached hydrogens (tertiary/aromatic N) is 4. The van der Waals surface area contributed by atoms with E-state index >= 15 is 0 Å². The van der Waals surface area contributed by atoms with E-state index in [1.54, 1.807) is 12.1 Å². The van der Waals surface area contributed by atoms with Crippen molar-refractivity contribution in [1.29, 1.82) is 0 Å². The minimum absolute atomic E-state index is 0.0140. The lowest BCUT2D eigenvalue weighted by Crippen LogP contribution is -2.22. The van der Waals surface area contributed by atoms with Gasteiger partial charge in [-0.05, 0) is 19.5 Å². The highest BCUT2D eigenvalue weighted by molar-refractivity contribution is 5.35. The van der Waals surface area contributed by atoms with Crippen molar-refractivity contribution < 1.29 is 9.45 Å². The van der Waals surface area contributed by atoms with Gasteiger partial charge in [-0.1, -0.05) is 38.1 Å². The molecule has 2 aromatic rings. The van der Waals surface area contributed by atoms with Gasteiger partial charge in [0.15, 0.2) is 5.82 Å². The largest absolute Gasteiger partial charge is 0.338 e. The fourth-order valence-electron chi connectivity index (χ4n) is 2.13. The van der Waals surface area contributed by atoms with E-state index in [0.29, 0.717) is 18.3 Å². The smallest absolute Gasteiger partial charge is 0.269 e. The van der Waals surface area contributed by atoms with Crippen LogP contribution >= 0.6 is 0 Å². The van der Waals surface area contributed by atoms with Gasteiger partial charge in [0.25, 0.3) is 5.69 Å². The molecule has 1 heterocycles. The average molecular weight is 318 g/mol. The number of hydrogen-bond donors (Lipinski definition) is 0. The van der Waals surface area contributed by atoms with Crippen molar-refractivity contribution in [2.45, 2.75) is 45.7 Å². The van der Waals surface area contributed by atoms with Gasteiger partial charge in [-0.3, -0.25) is 15.0 Å². The second-order valence-electron chi connectivity index (χ2n) is 6.70. The van der Waals surface area contributed by atoms with Gasteiger partial charge in [0.2, 0.25) is 5.89 Å². The van der Waals surface area contributed by atoms with Crippen LogP contribution in [0.4, 0.5) is 5.69 Å². The van der Waals surface area contributed by atoms with Crippen LogP contribution in [0.2, 0.25) is 0 Å². The molecule has 0 aliphatic carbocycles. The van der Waals surface area contributed by atoms with E-state index in [4.69, 9.17) is 4.52 Å². The van der Waals surface area contributed by atoms with Crippen molar-refractivity contribution in [1.82, 2.24) is 15.0 Å². The molecule has 1 aromatic carbocycles. The van der Waals surface area contributed by atoms with Crippen molar-refractivity contribution in [3.05, 3.63) is 51.7 Å². The lowest BCUT2D eigenvalue weighted by molar-refractivity contribution is -0.384. The highest BCUT2D eigenvalue weighted by Crippen LogP contribution is 2.25. The minimum Gasteiger partial charge on any atom is -0.338 e. The molecular weight excluding hydrogens is 296 g/mol. The molecule has 1 aromatic heterocycles. The first-order chi connectivity index (χ1) is 10.7. The quantitative estimate of drug-likeness (QED) is 0.620. The summed E-state index contributed by atoms with van der Waals surface area (Å²) in [5.41, 5.74) is 0.805. The van der Waals surface area contributed by atoms with Crippen LogP contribution in [0.3, 0.4) is 0 Å². The van der Waals surface area contributed by atoms with Crippen molar-refractivity contribution >= 4 is 5.69 Å². The number of aromatic nitrogens is 2. The molecule has 0 aliphatic heterocycles. The molecule has 2 rings (SSSR count). The molecule has 0 bridgehead atoms. The Balaban J connectivity index is 2.11. The Morgan fingerprint density at radius 2 is 2.09 bits per heavy atom. The van der Waals surface area contributed by atoms with Crippen LogP contribution in [0, 0.1) is 10.1 Å². The Kier molecular flexibility index (Phi) is 4.79. The van der Waals surface area contributed by atoms with Crippen molar-refractivity contribution in [3.8, 4) is 0 Å². The van der Waals surface area contributed by atoms with Gasteiger partial charge in [-0.2, -0.15) is 4.98 Å². The van der Waals surface area contributed by atoms with Crippen molar-refractivity contribution in [2.24, 2.45) is 0 Å². The van der Waals surface area contributed by atoms with Crippen LogP contribution in [0.5, 0.6) is 0 Å². The number of nitro benzene ring substituents is 1. The number of rotatable bonds is 5. The van der Waals surface area contributed by atoms with E-state index < -0.39 is 0 Å². The summed E-state index contributed by atoms with van der Waals surface area (Å²) in [4.78, 5) is 16.9. The maximum absolute atomic E-state index is 10.9. The first kappa shape index (κ1) is 17.1. The van der Waals surface area contributed by atoms with Gasteiger partial charge in [0, 0.05) is 23.6 Å². The van der Waals surface area contributed by atoms with Gasteiger partial charge in [-0.25, -0.2) is 0 Å². The van der Waals surface area contributed by atoms with Crippen LogP contribution in [-0.4, -0.2) is 27.0 Å². The maximum Gasteiger partial charge on any atom is 0.269 e. The molecule has 0 saturated carbocycles. The molecule has 23 heavy (non-hydrogen) atoms. The van der Waals surface area contributed by atoms with Crippen LogP contribution in [0.1, 0.15) is 51.0 Å². The zero-order valence-corrected chi connectivity index (χ0v) is 14.1. The maximum atomic E-state index is 10.9. The van der Waals surface area contributed by atoms with E-state index in [9.17, 15) is 10.1 Å². The summed E-state index contributed by atoms with van der Waals surface area (Å²) >= 11 is 0. The topological polar surface area (TPSA) is 85.3 Å². The first-order valence-electron chi connectivity index (χ1n) is 7.46. The number of benzene rings is 1. The number of nitro groups is 1. The summed E-state index contributed by atoms with van der Waals surface area (Å²) < 4.78 is 5.30. The summed E-state index contributed by atoms with van der Waals surface area (Å²) in [6.07, 6.45) is 0. The molecule has 7 heteroatoms. The predicted octanol–water partition coefficient (Wildman–Crippen LogP) is 3.47. The third-order valence-electron chi connectivity index (χ3n) is 3.75. The van der Waals surface area contributed by atoms with Gasteiger partial charge in [0.1, 0.15) is 0 Å². The lowest BCUT2D eigenvalue weighted by atomic mass is 9.96. The zero-order valence-electron chi connectivity index (χ0n) is 14.1. The van der Waals surface area contributed by atoms with E-state index in [-0.39, 0.29) is 22.1 Å². The van der Waals surface area contributed by atoms with Crippen LogP contribution in [-0.2, 0) is 12.0 Å². The normalized spacial score (nSPS) is 13.3. The molecule has 0 saturated heterocycles. The molecular formula is C16H22N4O3. The third kappa shape index (κ3) is 4.13. The predicted molar refractivity (Wildman–Crippen MR) is 86.0 cm³/mol. The molecule has 1 atom stereocenters. The van der Waals surface area contributed by atoms with Gasteiger partial charge >= 0.3 is 0 Å². The molecule has 0 N–H and O–H groups in total. The summed E-state index contributed by atoms with van der Waals surface area (Å²) in [6, 6.07) is 6.64. The zero-order chi connectivity index (χ0) is 17.2. The van der Waals surface area contributed by atoms with Crippen LogP contribution in [0.15, 0.2) is 28.8 Å². The van der Waals surface area contributed by atoms with Gasteiger partial charge < -0.3 is 4.52 Å². The highest BCUT2D eigenvalue weighted by Gasteiger charge is 2.22. The number of non-ortho nitro benzene ring substituents is 1. The van der Waals surface area contributed by atoms with Crippen LogP contribution < -0.4 is 0 Å². The Hall–Kier alpha value is -2.28. The first-order valence-corrected chi connectivity index (χ1v) is 7.46. The molecule has 124 valence electrons. The van der Waals surface area contributed by atoms with Crippen LogP contribution in [0.25, 0.3) is 0 Å². The van der Waals surface area contributed by atoms with E-state index in [2.05, 4.69) is 10.1 Å². The number of hydrogen-bond acceptors (Lipinski definition) is 6. The van der Waals surface area contributed by atoms with E-state index in [0.717, 1.165) is 5.56 Å². The van der Waals surface area contributed by atoms with E-state index in [1.807, 2.05) is 45.7 Å². The third-order valence-corrected chi connectivity index (χ3v) is 3.75. The SMILES string of the molecule is C[C@H](c1cccc([N+](=O)[O-])c1)N(C)Cc1nc(C(C)(C)C)no1. The summed E-state index contributed by atoms with van der Waals surface area (Å²) in [6.45, 7) is 8.54. The molecule has 0 aliphatic rings. The summed E-state index contributed by atoms with van der Waals surface area (Å²) in [5, 5.41) is 14.9. The Bertz CT molecular complexity index is 691. The second kappa shape index (κ2) is 6.45. The second-order valence-corrected chi connectivity index (χ2v) is 6.70. The molecule has 0 unspecified atom stereocenters.